The fourth-order valence-electron chi connectivity index (χ4n) is 1.68. The van der Waals surface area contributed by atoms with Crippen molar-refractivity contribution in [2.45, 2.75) is 24.7 Å². The van der Waals surface area contributed by atoms with Crippen LogP contribution in [0, 0.1) is 0 Å². The van der Waals surface area contributed by atoms with Gasteiger partial charge in [0.25, 0.3) is 0 Å². The maximum absolute atomic E-state index is 14.3. The second-order valence-electron chi connectivity index (χ2n) is 3.74. The van der Waals surface area contributed by atoms with E-state index in [1.165, 1.54) is 0 Å². The highest BCUT2D eigenvalue weighted by Gasteiger charge is 2.40. The van der Waals surface area contributed by atoms with Gasteiger partial charge in [-0.05, 0) is 25.9 Å². The molecule has 2 nitrogen and oxygen atoms in total. The average molecular weight is 254 g/mol. The lowest BCUT2D eigenvalue weighted by molar-refractivity contribution is -0.137. The van der Waals surface area contributed by atoms with E-state index >= 15 is 0 Å². The third-order valence-electron chi connectivity index (χ3n) is 2.59. The van der Waals surface area contributed by atoms with E-state index in [2.05, 4.69) is 10.3 Å². The molecule has 16 heavy (non-hydrogen) atoms. The number of hydrogen-bond acceptors (Lipinski definition) is 3. The Balaban J connectivity index is 2.24. The lowest BCUT2D eigenvalue weighted by Gasteiger charge is -2.28. The van der Waals surface area contributed by atoms with Crippen molar-refractivity contribution in [3.63, 3.8) is 0 Å². The SMILES string of the molecule is FC(F)(F)c1ncc(C2(F)CCNCC2)s1. The van der Waals surface area contributed by atoms with Gasteiger partial charge in [-0.25, -0.2) is 9.37 Å². The number of piperidine rings is 1. The highest BCUT2D eigenvalue weighted by atomic mass is 32.1. The first-order valence-electron chi connectivity index (χ1n) is 4.85. The number of hydrogen-bond donors (Lipinski definition) is 1. The van der Waals surface area contributed by atoms with E-state index in [1.54, 1.807) is 0 Å². The summed E-state index contributed by atoms with van der Waals surface area (Å²) in [6, 6.07) is 0. The van der Waals surface area contributed by atoms with Crippen LogP contribution in [0.25, 0.3) is 0 Å². The van der Waals surface area contributed by atoms with Gasteiger partial charge in [0.2, 0.25) is 0 Å². The monoisotopic (exact) mass is 254 g/mol. The highest BCUT2D eigenvalue weighted by molar-refractivity contribution is 7.11. The van der Waals surface area contributed by atoms with E-state index in [-0.39, 0.29) is 17.7 Å². The van der Waals surface area contributed by atoms with Crippen molar-refractivity contribution in [3.8, 4) is 0 Å². The molecular weight excluding hydrogens is 244 g/mol. The minimum Gasteiger partial charge on any atom is -0.316 e. The molecule has 0 unspecified atom stereocenters. The fourth-order valence-corrected chi connectivity index (χ4v) is 2.60. The lowest BCUT2D eigenvalue weighted by Crippen LogP contribution is -2.36. The summed E-state index contributed by atoms with van der Waals surface area (Å²) in [5, 5.41) is 1.99. The average Bonchev–Trinajstić information content (AvgIpc) is 2.67. The van der Waals surface area contributed by atoms with Crippen molar-refractivity contribution in [2.24, 2.45) is 0 Å². The molecule has 0 atom stereocenters. The molecule has 1 fully saturated rings. The second kappa shape index (κ2) is 3.96. The predicted molar refractivity (Wildman–Crippen MR) is 52.0 cm³/mol. The van der Waals surface area contributed by atoms with Crippen LogP contribution in [0.2, 0.25) is 0 Å². The molecule has 0 saturated carbocycles. The van der Waals surface area contributed by atoms with E-state index in [9.17, 15) is 17.6 Å². The summed E-state index contributed by atoms with van der Waals surface area (Å²) < 4.78 is 51.2. The highest BCUT2D eigenvalue weighted by Crippen LogP contribution is 2.41. The van der Waals surface area contributed by atoms with Crippen LogP contribution in [-0.2, 0) is 11.8 Å². The first-order valence-corrected chi connectivity index (χ1v) is 5.67. The van der Waals surface area contributed by atoms with Crippen molar-refractivity contribution in [3.05, 3.63) is 16.1 Å². The zero-order valence-electron chi connectivity index (χ0n) is 8.27. The Morgan fingerprint density at radius 3 is 2.44 bits per heavy atom. The van der Waals surface area contributed by atoms with Gasteiger partial charge in [-0.15, -0.1) is 11.3 Å². The third kappa shape index (κ3) is 2.20. The molecule has 0 bridgehead atoms. The normalized spacial score (nSPS) is 21.0. The van der Waals surface area contributed by atoms with Gasteiger partial charge in [-0.3, -0.25) is 0 Å². The van der Waals surface area contributed by atoms with Gasteiger partial charge in [0.15, 0.2) is 5.01 Å². The summed E-state index contributed by atoms with van der Waals surface area (Å²) >= 11 is 0.406. The molecule has 1 aliphatic heterocycles. The molecule has 2 rings (SSSR count). The number of halogens is 4. The Labute approximate surface area is 93.7 Å². The molecule has 1 aliphatic rings. The van der Waals surface area contributed by atoms with Crippen LogP contribution < -0.4 is 5.32 Å². The molecule has 1 aromatic rings. The number of nitrogens with one attached hydrogen (secondary N) is 1. The van der Waals surface area contributed by atoms with E-state index < -0.39 is 16.9 Å². The molecule has 2 heterocycles. The van der Waals surface area contributed by atoms with Crippen molar-refractivity contribution >= 4 is 11.3 Å². The number of rotatable bonds is 1. The standard InChI is InChI=1S/C9H10F4N2S/c10-8(1-3-14-4-2-8)6-5-15-7(16-6)9(11,12)13/h5,14H,1-4H2. The lowest BCUT2D eigenvalue weighted by atomic mass is 9.93. The minimum atomic E-state index is -4.48. The molecule has 0 aromatic carbocycles. The number of nitrogens with zero attached hydrogens (tertiary/aromatic N) is 1. The Hall–Kier alpha value is -0.690. The molecule has 7 heteroatoms. The van der Waals surface area contributed by atoms with Crippen molar-refractivity contribution in [2.75, 3.05) is 13.1 Å². The third-order valence-corrected chi connectivity index (χ3v) is 3.81. The Kier molecular flexibility index (Phi) is 2.91. The molecule has 1 saturated heterocycles. The Morgan fingerprint density at radius 1 is 1.31 bits per heavy atom. The predicted octanol–water partition coefficient (Wildman–Crippen LogP) is 2.71. The molecule has 90 valence electrons. The van der Waals surface area contributed by atoms with Crippen molar-refractivity contribution in [1.82, 2.24) is 10.3 Å². The quantitative estimate of drug-likeness (QED) is 0.779. The molecule has 0 spiro atoms. The topological polar surface area (TPSA) is 24.9 Å². The van der Waals surface area contributed by atoms with Crippen molar-refractivity contribution < 1.29 is 17.6 Å². The zero-order chi connectivity index (χ0) is 11.8. The van der Waals surface area contributed by atoms with Crippen LogP contribution in [-0.4, -0.2) is 18.1 Å². The Morgan fingerprint density at radius 2 is 1.94 bits per heavy atom. The van der Waals surface area contributed by atoms with Gasteiger partial charge in [-0.1, -0.05) is 0 Å². The summed E-state index contributed by atoms with van der Waals surface area (Å²) in [5.74, 6) is 0. The zero-order valence-corrected chi connectivity index (χ0v) is 9.09. The van der Waals surface area contributed by atoms with E-state index in [4.69, 9.17) is 0 Å². The number of aromatic nitrogens is 1. The maximum Gasteiger partial charge on any atom is 0.443 e. The van der Waals surface area contributed by atoms with Crippen LogP contribution >= 0.6 is 11.3 Å². The van der Waals surface area contributed by atoms with Gasteiger partial charge in [0.05, 0.1) is 4.88 Å². The second-order valence-corrected chi connectivity index (χ2v) is 4.77. The van der Waals surface area contributed by atoms with Gasteiger partial charge in [-0.2, -0.15) is 13.2 Å². The largest absolute Gasteiger partial charge is 0.443 e. The first kappa shape index (κ1) is 11.8. The van der Waals surface area contributed by atoms with Crippen LogP contribution in [0.5, 0.6) is 0 Å². The summed E-state index contributed by atoms with van der Waals surface area (Å²) in [6.45, 7) is 0.964. The smallest absolute Gasteiger partial charge is 0.316 e. The van der Waals surface area contributed by atoms with Crippen LogP contribution in [0.15, 0.2) is 6.20 Å². The maximum atomic E-state index is 14.3. The fraction of sp³-hybridized carbons (Fsp3) is 0.667. The van der Waals surface area contributed by atoms with E-state index in [0.29, 0.717) is 24.4 Å². The summed E-state index contributed by atoms with van der Waals surface area (Å²) in [4.78, 5) is 3.33. The van der Waals surface area contributed by atoms with Crippen LogP contribution in [0.1, 0.15) is 22.7 Å². The number of thiazole rings is 1. The molecular formula is C9H10F4N2S. The summed E-state index contributed by atoms with van der Waals surface area (Å²) in [6.07, 6.45) is -3.07. The van der Waals surface area contributed by atoms with E-state index in [0.717, 1.165) is 6.20 Å². The number of alkyl halides is 4. The minimum absolute atomic E-state index is 0.0846. The molecule has 0 amide bonds. The van der Waals surface area contributed by atoms with Gasteiger partial charge >= 0.3 is 6.18 Å². The first-order chi connectivity index (χ1) is 7.42. The molecule has 1 N–H and O–H groups in total. The van der Waals surface area contributed by atoms with Gasteiger partial charge < -0.3 is 5.32 Å². The summed E-state index contributed by atoms with van der Waals surface area (Å²) in [5.41, 5.74) is -1.65. The van der Waals surface area contributed by atoms with Crippen LogP contribution in [0.3, 0.4) is 0 Å². The van der Waals surface area contributed by atoms with Gasteiger partial charge in [0, 0.05) is 6.20 Å². The van der Waals surface area contributed by atoms with E-state index in [1.807, 2.05) is 0 Å². The molecule has 0 aliphatic carbocycles. The molecule has 1 aromatic heterocycles. The molecule has 0 radical (unpaired) electrons. The van der Waals surface area contributed by atoms with Gasteiger partial charge in [0.1, 0.15) is 5.67 Å². The van der Waals surface area contributed by atoms with Crippen molar-refractivity contribution in [1.29, 1.82) is 0 Å². The summed E-state index contributed by atoms with van der Waals surface area (Å²) in [7, 11) is 0. The Bertz CT molecular complexity index is 368. The van der Waals surface area contributed by atoms with Crippen LogP contribution in [0.4, 0.5) is 17.6 Å².